The predicted molar refractivity (Wildman–Crippen MR) is 69.8 cm³/mol. The molecule has 0 spiro atoms. The zero-order valence-corrected chi connectivity index (χ0v) is 11.0. The lowest BCUT2D eigenvalue weighted by Crippen LogP contribution is -2.27. The number of non-ortho nitro benzene ring substituents is 1. The van der Waals surface area contributed by atoms with Crippen molar-refractivity contribution in [2.75, 3.05) is 33.5 Å². The van der Waals surface area contributed by atoms with Crippen LogP contribution in [-0.2, 0) is 9.47 Å². The Kier molecular flexibility index (Phi) is 6.83. The van der Waals surface area contributed by atoms with Gasteiger partial charge in [0, 0.05) is 18.7 Å². The number of carbonyl (C=O) groups is 1. The van der Waals surface area contributed by atoms with Crippen molar-refractivity contribution >= 4 is 11.8 Å². The molecule has 1 amide bonds. The van der Waals surface area contributed by atoms with Crippen LogP contribution in [0.5, 0.6) is 5.75 Å². The number of nitrogens with one attached hydrogen (secondary N) is 1. The zero-order chi connectivity index (χ0) is 14.8. The summed E-state index contributed by atoms with van der Waals surface area (Å²) in [6.45, 7) is 1.36. The molecule has 0 aromatic heterocycles. The second-order valence-corrected chi connectivity index (χ2v) is 3.63. The van der Waals surface area contributed by atoms with Crippen LogP contribution < -0.4 is 10.1 Å². The molecule has 8 heteroatoms. The standard InChI is InChI=1S/C12H16N2O6/c1-18-12(15)13-6-7-19-8-9-20-11-4-2-10(3-5-11)14(16)17/h2-5H,6-9H2,1H3,(H,13,15). The van der Waals surface area contributed by atoms with E-state index in [0.29, 0.717) is 32.1 Å². The summed E-state index contributed by atoms with van der Waals surface area (Å²) in [6, 6.07) is 5.79. The lowest BCUT2D eigenvalue weighted by atomic mass is 10.3. The Morgan fingerprint density at radius 1 is 1.25 bits per heavy atom. The minimum atomic E-state index is -0.504. The van der Waals surface area contributed by atoms with E-state index < -0.39 is 11.0 Å². The van der Waals surface area contributed by atoms with Crippen LogP contribution in [0.15, 0.2) is 24.3 Å². The molecule has 0 unspecified atom stereocenters. The molecule has 0 saturated carbocycles. The van der Waals surface area contributed by atoms with Crippen LogP contribution >= 0.6 is 0 Å². The SMILES string of the molecule is COC(=O)NCCOCCOc1ccc([N+](=O)[O-])cc1. The Morgan fingerprint density at radius 3 is 2.55 bits per heavy atom. The number of hydrogen-bond acceptors (Lipinski definition) is 6. The topological polar surface area (TPSA) is 99.9 Å². The normalized spacial score (nSPS) is 9.85. The minimum absolute atomic E-state index is 0.0162. The molecule has 20 heavy (non-hydrogen) atoms. The Morgan fingerprint density at radius 2 is 1.95 bits per heavy atom. The van der Waals surface area contributed by atoms with Gasteiger partial charge in [0.2, 0.25) is 0 Å². The Balaban J connectivity index is 2.09. The monoisotopic (exact) mass is 284 g/mol. The molecule has 0 aliphatic heterocycles. The minimum Gasteiger partial charge on any atom is -0.491 e. The van der Waals surface area contributed by atoms with Crippen molar-refractivity contribution in [2.45, 2.75) is 0 Å². The number of rotatable bonds is 8. The van der Waals surface area contributed by atoms with Gasteiger partial charge in [-0.3, -0.25) is 10.1 Å². The second-order valence-electron chi connectivity index (χ2n) is 3.63. The van der Waals surface area contributed by atoms with E-state index in [0.717, 1.165) is 0 Å². The molecule has 0 bridgehead atoms. The van der Waals surface area contributed by atoms with Crippen LogP contribution in [-0.4, -0.2) is 44.5 Å². The lowest BCUT2D eigenvalue weighted by Gasteiger charge is -2.07. The molecule has 0 fully saturated rings. The molecule has 1 rings (SSSR count). The lowest BCUT2D eigenvalue weighted by molar-refractivity contribution is -0.384. The first-order valence-corrected chi connectivity index (χ1v) is 5.90. The predicted octanol–water partition coefficient (Wildman–Crippen LogP) is 1.35. The summed E-state index contributed by atoms with van der Waals surface area (Å²) < 4.78 is 14.9. The highest BCUT2D eigenvalue weighted by Gasteiger charge is 2.04. The van der Waals surface area contributed by atoms with E-state index in [4.69, 9.17) is 9.47 Å². The third kappa shape index (κ3) is 6.01. The molecule has 0 radical (unpaired) electrons. The zero-order valence-electron chi connectivity index (χ0n) is 11.0. The van der Waals surface area contributed by atoms with Gasteiger partial charge in [0.25, 0.3) is 5.69 Å². The molecular formula is C12H16N2O6. The van der Waals surface area contributed by atoms with E-state index in [9.17, 15) is 14.9 Å². The van der Waals surface area contributed by atoms with Crippen molar-refractivity contribution in [1.82, 2.24) is 5.32 Å². The molecular weight excluding hydrogens is 268 g/mol. The molecule has 0 heterocycles. The van der Waals surface area contributed by atoms with E-state index in [2.05, 4.69) is 10.1 Å². The summed E-state index contributed by atoms with van der Waals surface area (Å²) in [7, 11) is 1.29. The van der Waals surface area contributed by atoms with Gasteiger partial charge in [-0.15, -0.1) is 0 Å². The molecule has 0 aliphatic carbocycles. The van der Waals surface area contributed by atoms with Crippen LogP contribution in [0.3, 0.4) is 0 Å². The van der Waals surface area contributed by atoms with Gasteiger partial charge < -0.3 is 19.5 Å². The summed E-state index contributed by atoms with van der Waals surface area (Å²) in [6.07, 6.45) is -0.504. The van der Waals surface area contributed by atoms with Gasteiger partial charge in [0.15, 0.2) is 0 Å². The van der Waals surface area contributed by atoms with Crippen LogP contribution in [0.1, 0.15) is 0 Å². The molecule has 1 aromatic rings. The Hall–Kier alpha value is -2.35. The Bertz CT molecular complexity index is 434. The highest BCUT2D eigenvalue weighted by Crippen LogP contribution is 2.16. The average molecular weight is 284 g/mol. The molecule has 1 aromatic carbocycles. The first-order valence-electron chi connectivity index (χ1n) is 5.90. The molecule has 8 nitrogen and oxygen atoms in total. The molecule has 1 N–H and O–H groups in total. The van der Waals surface area contributed by atoms with E-state index in [1.54, 1.807) is 0 Å². The van der Waals surface area contributed by atoms with Gasteiger partial charge in [-0.1, -0.05) is 0 Å². The third-order valence-electron chi connectivity index (χ3n) is 2.25. The van der Waals surface area contributed by atoms with Crippen molar-refractivity contribution in [3.05, 3.63) is 34.4 Å². The van der Waals surface area contributed by atoms with Crippen molar-refractivity contribution in [3.63, 3.8) is 0 Å². The fourth-order valence-corrected chi connectivity index (χ4v) is 1.28. The summed E-state index contributed by atoms with van der Waals surface area (Å²) in [5.41, 5.74) is 0.0162. The number of nitrogens with zero attached hydrogens (tertiary/aromatic N) is 1. The van der Waals surface area contributed by atoms with Gasteiger partial charge in [0.05, 0.1) is 25.2 Å². The molecule has 0 aliphatic rings. The van der Waals surface area contributed by atoms with Crippen molar-refractivity contribution in [2.24, 2.45) is 0 Å². The van der Waals surface area contributed by atoms with Gasteiger partial charge in [-0.05, 0) is 12.1 Å². The van der Waals surface area contributed by atoms with Crippen LogP contribution in [0, 0.1) is 10.1 Å². The van der Waals surface area contributed by atoms with Crippen LogP contribution in [0.2, 0.25) is 0 Å². The van der Waals surface area contributed by atoms with E-state index in [1.165, 1.54) is 31.4 Å². The third-order valence-corrected chi connectivity index (χ3v) is 2.25. The maximum Gasteiger partial charge on any atom is 0.406 e. The smallest absolute Gasteiger partial charge is 0.406 e. The number of amides is 1. The number of hydrogen-bond donors (Lipinski definition) is 1. The first kappa shape index (κ1) is 15.7. The summed E-state index contributed by atoms with van der Waals surface area (Å²) in [5, 5.41) is 12.9. The summed E-state index contributed by atoms with van der Waals surface area (Å²) in [4.78, 5) is 20.7. The maximum atomic E-state index is 10.7. The number of ether oxygens (including phenoxy) is 3. The molecule has 0 atom stereocenters. The quantitative estimate of drug-likeness (QED) is 0.439. The van der Waals surface area contributed by atoms with Gasteiger partial charge >= 0.3 is 6.09 Å². The highest BCUT2D eigenvalue weighted by atomic mass is 16.6. The van der Waals surface area contributed by atoms with E-state index >= 15 is 0 Å². The fraction of sp³-hybridized carbons (Fsp3) is 0.417. The number of nitro benzene ring substituents is 1. The number of alkyl carbamates (subject to hydrolysis) is 1. The second kappa shape index (κ2) is 8.70. The van der Waals surface area contributed by atoms with Gasteiger partial charge in [0.1, 0.15) is 12.4 Å². The van der Waals surface area contributed by atoms with Crippen molar-refractivity contribution in [3.8, 4) is 5.75 Å². The number of nitro groups is 1. The molecule has 0 saturated heterocycles. The molecule has 110 valence electrons. The van der Waals surface area contributed by atoms with Crippen molar-refractivity contribution < 1.29 is 23.9 Å². The Labute approximate surface area is 115 Å². The van der Waals surface area contributed by atoms with Crippen LogP contribution in [0.4, 0.5) is 10.5 Å². The van der Waals surface area contributed by atoms with E-state index in [1.807, 2.05) is 0 Å². The van der Waals surface area contributed by atoms with Gasteiger partial charge in [-0.2, -0.15) is 0 Å². The van der Waals surface area contributed by atoms with E-state index in [-0.39, 0.29) is 5.69 Å². The largest absolute Gasteiger partial charge is 0.491 e. The highest BCUT2D eigenvalue weighted by molar-refractivity contribution is 5.66. The maximum absolute atomic E-state index is 10.7. The average Bonchev–Trinajstić information content (AvgIpc) is 2.46. The van der Waals surface area contributed by atoms with Crippen molar-refractivity contribution in [1.29, 1.82) is 0 Å². The fourth-order valence-electron chi connectivity index (χ4n) is 1.28. The number of benzene rings is 1. The van der Waals surface area contributed by atoms with Crippen LogP contribution in [0.25, 0.3) is 0 Å². The van der Waals surface area contributed by atoms with Gasteiger partial charge in [-0.25, -0.2) is 4.79 Å². The summed E-state index contributed by atoms with van der Waals surface area (Å²) >= 11 is 0. The number of methoxy groups -OCH3 is 1. The summed E-state index contributed by atoms with van der Waals surface area (Å²) in [5.74, 6) is 0.534. The number of carbonyl (C=O) groups excluding carboxylic acids is 1. The first-order chi connectivity index (χ1) is 9.63.